The van der Waals surface area contributed by atoms with E-state index in [9.17, 15) is 9.59 Å². The Labute approximate surface area is 150 Å². The van der Waals surface area contributed by atoms with Gasteiger partial charge in [0.05, 0.1) is 26.0 Å². The first-order valence-electron chi connectivity index (χ1n) is 7.60. The molecule has 0 fully saturated rings. The predicted molar refractivity (Wildman–Crippen MR) is 95.4 cm³/mol. The largest absolute Gasteiger partial charge is 0.493 e. The molecule has 3 N–H and O–H groups in total. The Morgan fingerprint density at radius 2 is 1.85 bits per heavy atom. The molecule has 0 bridgehead atoms. The second-order valence-corrected chi connectivity index (χ2v) is 5.12. The number of nitrogens with zero attached hydrogens (tertiary/aromatic N) is 1. The standard InChI is InChI=1S/C18H19N3O5/c1-24-16-9-13(10-20-21-18(19)23)5-8-15(16)26-11-12-3-6-14(7-4-12)17(22)25-2/h3-10H,11H2,1-2H3,(H3,19,21,23)/b20-10-. The van der Waals surface area contributed by atoms with Crippen LogP contribution in [-0.2, 0) is 11.3 Å². The van der Waals surface area contributed by atoms with E-state index in [1.807, 2.05) is 0 Å². The molecule has 2 rings (SSSR count). The maximum absolute atomic E-state index is 11.4. The molecule has 26 heavy (non-hydrogen) atoms. The number of rotatable bonds is 7. The van der Waals surface area contributed by atoms with Crippen molar-refractivity contribution >= 4 is 18.2 Å². The van der Waals surface area contributed by atoms with Crippen molar-refractivity contribution in [2.45, 2.75) is 6.61 Å². The highest BCUT2D eigenvalue weighted by atomic mass is 16.5. The van der Waals surface area contributed by atoms with E-state index < -0.39 is 6.03 Å². The monoisotopic (exact) mass is 357 g/mol. The van der Waals surface area contributed by atoms with Gasteiger partial charge in [-0.05, 0) is 41.5 Å². The summed E-state index contributed by atoms with van der Waals surface area (Å²) in [5.74, 6) is 0.672. The van der Waals surface area contributed by atoms with Crippen molar-refractivity contribution in [1.29, 1.82) is 0 Å². The number of nitrogens with two attached hydrogens (primary N) is 1. The van der Waals surface area contributed by atoms with E-state index in [1.54, 1.807) is 42.5 Å². The fourth-order valence-corrected chi connectivity index (χ4v) is 2.07. The second kappa shape index (κ2) is 9.07. The summed E-state index contributed by atoms with van der Waals surface area (Å²) in [7, 11) is 2.86. The summed E-state index contributed by atoms with van der Waals surface area (Å²) in [5.41, 5.74) is 9.10. The number of benzene rings is 2. The number of hydrogen-bond acceptors (Lipinski definition) is 6. The third-order valence-electron chi connectivity index (χ3n) is 3.35. The van der Waals surface area contributed by atoms with E-state index in [2.05, 4.69) is 15.3 Å². The van der Waals surface area contributed by atoms with Gasteiger partial charge in [0.1, 0.15) is 6.61 Å². The molecule has 0 radical (unpaired) electrons. The molecule has 0 spiro atoms. The molecule has 2 amide bonds. The minimum atomic E-state index is -0.744. The van der Waals surface area contributed by atoms with E-state index in [-0.39, 0.29) is 5.97 Å². The molecule has 2 aromatic carbocycles. The SMILES string of the molecule is COC(=O)c1ccc(COc2ccc(/C=N\NC(N)=O)cc2OC)cc1. The van der Waals surface area contributed by atoms with Gasteiger partial charge in [0.25, 0.3) is 0 Å². The van der Waals surface area contributed by atoms with Crippen LogP contribution in [0, 0.1) is 0 Å². The molecule has 0 aromatic heterocycles. The fourth-order valence-electron chi connectivity index (χ4n) is 2.07. The van der Waals surface area contributed by atoms with Crippen LogP contribution < -0.4 is 20.6 Å². The minimum Gasteiger partial charge on any atom is -0.493 e. The van der Waals surface area contributed by atoms with Gasteiger partial charge in [-0.15, -0.1) is 0 Å². The highest BCUT2D eigenvalue weighted by Crippen LogP contribution is 2.28. The molecule has 0 aliphatic carbocycles. The lowest BCUT2D eigenvalue weighted by Gasteiger charge is -2.11. The zero-order valence-electron chi connectivity index (χ0n) is 14.4. The van der Waals surface area contributed by atoms with E-state index in [4.69, 9.17) is 15.2 Å². The van der Waals surface area contributed by atoms with E-state index in [0.717, 1.165) is 5.56 Å². The lowest BCUT2D eigenvalue weighted by atomic mass is 10.1. The Morgan fingerprint density at radius 1 is 1.12 bits per heavy atom. The quantitative estimate of drug-likeness (QED) is 0.447. The lowest BCUT2D eigenvalue weighted by molar-refractivity contribution is 0.0600. The Hall–Kier alpha value is -3.55. The molecule has 8 heteroatoms. The van der Waals surface area contributed by atoms with Gasteiger partial charge < -0.3 is 19.9 Å². The predicted octanol–water partition coefficient (Wildman–Crippen LogP) is 2.06. The third-order valence-corrected chi connectivity index (χ3v) is 3.35. The summed E-state index contributed by atoms with van der Waals surface area (Å²) < 4.78 is 15.7. The number of hydrazone groups is 1. The number of primary amides is 1. The van der Waals surface area contributed by atoms with Crippen molar-refractivity contribution < 1.29 is 23.8 Å². The van der Waals surface area contributed by atoms with Crippen LogP contribution >= 0.6 is 0 Å². The molecule has 0 unspecified atom stereocenters. The molecule has 0 aliphatic rings. The molecule has 0 atom stereocenters. The third kappa shape index (κ3) is 5.23. The van der Waals surface area contributed by atoms with Gasteiger partial charge in [0, 0.05) is 0 Å². The van der Waals surface area contributed by atoms with E-state index in [1.165, 1.54) is 20.4 Å². The van der Waals surface area contributed by atoms with Crippen LogP contribution in [0.3, 0.4) is 0 Å². The first kappa shape index (κ1) is 18.8. The van der Waals surface area contributed by atoms with Crippen molar-refractivity contribution in [3.63, 3.8) is 0 Å². The van der Waals surface area contributed by atoms with Gasteiger partial charge in [-0.2, -0.15) is 5.10 Å². The Bertz CT molecular complexity index is 803. The second-order valence-electron chi connectivity index (χ2n) is 5.12. The van der Waals surface area contributed by atoms with Crippen molar-refractivity contribution in [3.05, 3.63) is 59.2 Å². The van der Waals surface area contributed by atoms with Crippen LogP contribution in [0.5, 0.6) is 11.5 Å². The summed E-state index contributed by atoms with van der Waals surface area (Å²) in [4.78, 5) is 22.0. The van der Waals surface area contributed by atoms with Crippen molar-refractivity contribution in [2.75, 3.05) is 14.2 Å². The summed E-state index contributed by atoms with van der Waals surface area (Å²) in [5, 5.41) is 3.69. The summed E-state index contributed by atoms with van der Waals surface area (Å²) in [6.45, 7) is 0.300. The van der Waals surface area contributed by atoms with Crippen LogP contribution in [0.15, 0.2) is 47.6 Å². The molecule has 0 saturated heterocycles. The highest BCUT2D eigenvalue weighted by molar-refractivity contribution is 5.89. The van der Waals surface area contributed by atoms with Crippen LogP contribution in [0.25, 0.3) is 0 Å². The molecular formula is C18H19N3O5. The number of carbonyl (C=O) groups excluding carboxylic acids is 2. The van der Waals surface area contributed by atoms with E-state index >= 15 is 0 Å². The molecular weight excluding hydrogens is 338 g/mol. The van der Waals surface area contributed by atoms with Crippen LogP contribution in [0.2, 0.25) is 0 Å². The van der Waals surface area contributed by atoms with E-state index in [0.29, 0.717) is 29.2 Å². The summed E-state index contributed by atoms with van der Waals surface area (Å²) in [6.07, 6.45) is 1.43. The first-order chi connectivity index (χ1) is 12.5. The van der Waals surface area contributed by atoms with Crippen LogP contribution in [0.1, 0.15) is 21.5 Å². The van der Waals surface area contributed by atoms with Gasteiger partial charge in [-0.1, -0.05) is 12.1 Å². The van der Waals surface area contributed by atoms with Crippen molar-refractivity contribution in [2.24, 2.45) is 10.8 Å². The zero-order valence-corrected chi connectivity index (χ0v) is 14.4. The minimum absolute atomic E-state index is 0.300. The highest BCUT2D eigenvalue weighted by Gasteiger charge is 2.07. The van der Waals surface area contributed by atoms with Gasteiger partial charge in [0.2, 0.25) is 0 Å². The van der Waals surface area contributed by atoms with Crippen LogP contribution in [-0.4, -0.2) is 32.4 Å². The van der Waals surface area contributed by atoms with Gasteiger partial charge in [-0.25, -0.2) is 15.0 Å². The number of amides is 2. The first-order valence-corrected chi connectivity index (χ1v) is 7.60. The summed E-state index contributed by atoms with van der Waals surface area (Å²) in [6, 6.07) is 11.4. The average molecular weight is 357 g/mol. The lowest BCUT2D eigenvalue weighted by Crippen LogP contribution is -2.24. The fraction of sp³-hybridized carbons (Fsp3) is 0.167. The molecule has 0 saturated carbocycles. The zero-order chi connectivity index (χ0) is 18.9. The number of carbonyl (C=O) groups is 2. The number of urea groups is 1. The molecule has 136 valence electrons. The maximum atomic E-state index is 11.4. The van der Waals surface area contributed by atoms with Crippen LogP contribution in [0.4, 0.5) is 4.79 Å². The Morgan fingerprint density at radius 3 is 2.46 bits per heavy atom. The van der Waals surface area contributed by atoms with Gasteiger partial charge in [0.15, 0.2) is 11.5 Å². The smallest absolute Gasteiger partial charge is 0.337 e. The number of hydrogen-bond donors (Lipinski definition) is 2. The number of ether oxygens (including phenoxy) is 3. The molecule has 2 aromatic rings. The Balaban J connectivity index is 2.03. The maximum Gasteiger partial charge on any atom is 0.337 e. The van der Waals surface area contributed by atoms with Gasteiger partial charge >= 0.3 is 12.0 Å². The topological polar surface area (TPSA) is 112 Å². The molecule has 0 aliphatic heterocycles. The normalized spacial score (nSPS) is 10.4. The van der Waals surface area contributed by atoms with Crippen molar-refractivity contribution in [1.82, 2.24) is 5.43 Å². The number of esters is 1. The average Bonchev–Trinajstić information content (AvgIpc) is 2.66. The molecule has 8 nitrogen and oxygen atoms in total. The van der Waals surface area contributed by atoms with Gasteiger partial charge in [-0.3, -0.25) is 0 Å². The number of nitrogens with one attached hydrogen (secondary N) is 1. The van der Waals surface area contributed by atoms with Crippen molar-refractivity contribution in [3.8, 4) is 11.5 Å². The Kier molecular flexibility index (Phi) is 6.55. The molecule has 0 heterocycles. The number of methoxy groups -OCH3 is 2. The summed E-state index contributed by atoms with van der Waals surface area (Å²) >= 11 is 0.